The Hall–Kier alpha value is -5.90. The van der Waals surface area contributed by atoms with Gasteiger partial charge in [-0.15, -0.1) is 0 Å². The molecule has 0 aliphatic carbocycles. The van der Waals surface area contributed by atoms with Crippen LogP contribution in [0.4, 0.5) is 11.4 Å². The fraction of sp³-hybridized carbons (Fsp3) is 0. The molecule has 1 aromatic heterocycles. The van der Waals surface area contributed by atoms with Crippen LogP contribution in [0.5, 0.6) is 11.5 Å². The Kier molecular flexibility index (Phi) is 5.77. The number of aromatic nitrogens is 2. The van der Waals surface area contributed by atoms with Crippen LogP contribution < -0.4 is 21.9 Å². The molecular formula is C30H20N4O6. The number of nitrogens with one attached hydrogen (secondary N) is 4. The first-order valence-corrected chi connectivity index (χ1v) is 12.1. The number of carbonyl (C=O) groups is 2. The lowest BCUT2D eigenvalue weighted by Gasteiger charge is -2.14. The van der Waals surface area contributed by atoms with Crippen LogP contribution in [-0.4, -0.2) is 32.0 Å². The highest BCUT2D eigenvalue weighted by Crippen LogP contribution is 2.32. The van der Waals surface area contributed by atoms with Gasteiger partial charge in [-0.25, -0.2) is 4.79 Å². The normalized spacial score (nSPS) is 11.1. The molecule has 0 aliphatic rings. The number of phenolic OH excluding ortho intramolecular Hbond substituents is 2. The molecule has 0 saturated heterocycles. The average Bonchev–Trinajstić information content (AvgIpc) is 2.93. The summed E-state index contributed by atoms with van der Waals surface area (Å²) in [5.74, 6) is -1.85. The quantitative estimate of drug-likeness (QED) is 0.196. The molecule has 1 heterocycles. The Balaban J connectivity index is 1.46. The maximum Gasteiger partial charge on any atom is 0.326 e. The lowest BCUT2D eigenvalue weighted by atomic mass is 10.0. The summed E-state index contributed by atoms with van der Waals surface area (Å²) in [6.45, 7) is 0. The summed E-state index contributed by atoms with van der Waals surface area (Å²) in [6, 6.07) is 22.9. The van der Waals surface area contributed by atoms with Crippen molar-refractivity contribution in [2.75, 3.05) is 10.6 Å². The fourth-order valence-electron chi connectivity index (χ4n) is 4.82. The largest absolute Gasteiger partial charge is 0.507 e. The molecule has 196 valence electrons. The third kappa shape index (κ3) is 4.19. The molecule has 6 rings (SSSR count). The van der Waals surface area contributed by atoms with E-state index in [0.717, 1.165) is 10.8 Å². The molecule has 5 aromatic carbocycles. The summed E-state index contributed by atoms with van der Waals surface area (Å²) in [7, 11) is 0. The van der Waals surface area contributed by atoms with Crippen LogP contribution in [0, 0.1) is 0 Å². The third-order valence-corrected chi connectivity index (χ3v) is 6.62. The fourth-order valence-corrected chi connectivity index (χ4v) is 4.82. The van der Waals surface area contributed by atoms with Gasteiger partial charge in [0.05, 0.1) is 27.7 Å². The van der Waals surface area contributed by atoms with Gasteiger partial charge in [-0.2, -0.15) is 0 Å². The molecule has 6 N–H and O–H groups in total. The van der Waals surface area contributed by atoms with Gasteiger partial charge in [0.1, 0.15) is 11.5 Å². The zero-order valence-electron chi connectivity index (χ0n) is 20.6. The second-order valence-electron chi connectivity index (χ2n) is 9.12. The smallest absolute Gasteiger partial charge is 0.326 e. The molecule has 0 saturated carbocycles. The van der Waals surface area contributed by atoms with E-state index < -0.39 is 23.1 Å². The van der Waals surface area contributed by atoms with Gasteiger partial charge in [0.2, 0.25) is 0 Å². The van der Waals surface area contributed by atoms with Gasteiger partial charge in [-0.1, -0.05) is 60.7 Å². The van der Waals surface area contributed by atoms with E-state index in [9.17, 15) is 29.4 Å². The van der Waals surface area contributed by atoms with E-state index in [2.05, 4.69) is 20.6 Å². The molecule has 0 fully saturated rings. The molecule has 2 amide bonds. The summed E-state index contributed by atoms with van der Waals surface area (Å²) in [5.41, 5.74) is -1.37. The highest BCUT2D eigenvalue weighted by Gasteiger charge is 2.20. The molecular weight excluding hydrogens is 512 g/mol. The van der Waals surface area contributed by atoms with Crippen molar-refractivity contribution < 1.29 is 19.8 Å². The van der Waals surface area contributed by atoms with Crippen LogP contribution in [-0.2, 0) is 0 Å². The summed E-state index contributed by atoms with van der Waals surface area (Å²) in [6.07, 6.45) is 0. The van der Waals surface area contributed by atoms with Crippen LogP contribution in [0.25, 0.3) is 32.4 Å². The van der Waals surface area contributed by atoms with Gasteiger partial charge >= 0.3 is 5.69 Å². The van der Waals surface area contributed by atoms with Crippen LogP contribution >= 0.6 is 0 Å². The number of rotatable bonds is 4. The first-order chi connectivity index (χ1) is 19.3. The number of phenols is 2. The Morgan fingerprint density at radius 2 is 1.18 bits per heavy atom. The standard InChI is InChI=1S/C30H20N4O6/c35-22-11-9-15-5-1-3-7-18(15)24(22)28(38)31-17-13-20-26(33-30(40)34-27(20)37)21(14-17)32-29(39)25-19-8-4-2-6-16(19)10-12-23(25)36/h1-14,35-36H,(H,31,38)(H,32,39)(H2,33,34,37,40). The number of carbonyl (C=O) groups excluding carboxylic acids is 2. The van der Waals surface area contributed by atoms with Crippen molar-refractivity contribution in [3.8, 4) is 11.5 Å². The Labute approximate surface area is 224 Å². The molecule has 40 heavy (non-hydrogen) atoms. The van der Waals surface area contributed by atoms with Crippen molar-refractivity contribution in [3.05, 3.63) is 117 Å². The number of aromatic amines is 2. The van der Waals surface area contributed by atoms with E-state index in [1.807, 2.05) is 0 Å². The lowest BCUT2D eigenvalue weighted by molar-refractivity contribution is 0.101. The van der Waals surface area contributed by atoms with Crippen molar-refractivity contribution in [1.29, 1.82) is 0 Å². The Bertz CT molecular complexity index is 2130. The van der Waals surface area contributed by atoms with Gasteiger partial charge in [-0.05, 0) is 45.8 Å². The van der Waals surface area contributed by atoms with E-state index in [1.165, 1.54) is 24.3 Å². The van der Waals surface area contributed by atoms with E-state index in [0.29, 0.717) is 10.8 Å². The summed E-state index contributed by atoms with van der Waals surface area (Å²) < 4.78 is 0. The third-order valence-electron chi connectivity index (χ3n) is 6.62. The molecule has 0 bridgehead atoms. The molecule has 6 aromatic rings. The topological polar surface area (TPSA) is 164 Å². The molecule has 0 unspecified atom stereocenters. The summed E-state index contributed by atoms with van der Waals surface area (Å²) in [4.78, 5) is 56.2. The number of amides is 2. The lowest BCUT2D eigenvalue weighted by Crippen LogP contribution is -2.23. The first-order valence-electron chi connectivity index (χ1n) is 12.1. The zero-order chi connectivity index (χ0) is 28.0. The van der Waals surface area contributed by atoms with Crippen molar-refractivity contribution in [3.63, 3.8) is 0 Å². The van der Waals surface area contributed by atoms with Crippen LogP contribution in [0.15, 0.2) is 94.5 Å². The molecule has 0 aliphatic heterocycles. The molecule has 10 nitrogen and oxygen atoms in total. The van der Waals surface area contributed by atoms with Gasteiger partial charge in [0.15, 0.2) is 0 Å². The number of fused-ring (bicyclic) bond motifs is 3. The van der Waals surface area contributed by atoms with Gasteiger partial charge in [0, 0.05) is 5.69 Å². The van der Waals surface area contributed by atoms with E-state index in [1.54, 1.807) is 60.7 Å². The van der Waals surface area contributed by atoms with Crippen molar-refractivity contribution in [1.82, 2.24) is 9.97 Å². The SMILES string of the molecule is O=C(Nc1cc(NC(=O)c2c(O)ccc3ccccc23)c2[nH]c(=O)[nH]c(=O)c2c1)c1c(O)ccc2ccccc12. The monoisotopic (exact) mass is 532 g/mol. The number of hydrogen-bond donors (Lipinski definition) is 6. The number of hydrogen-bond acceptors (Lipinski definition) is 6. The van der Waals surface area contributed by atoms with Crippen molar-refractivity contribution >= 4 is 55.6 Å². The molecule has 0 atom stereocenters. The highest BCUT2D eigenvalue weighted by atomic mass is 16.3. The maximum absolute atomic E-state index is 13.4. The number of aromatic hydroxyl groups is 2. The minimum absolute atomic E-state index is 0.00597. The Morgan fingerprint density at radius 3 is 1.77 bits per heavy atom. The van der Waals surface area contributed by atoms with Crippen molar-refractivity contribution in [2.24, 2.45) is 0 Å². The van der Waals surface area contributed by atoms with Crippen LogP contribution in [0.3, 0.4) is 0 Å². The van der Waals surface area contributed by atoms with Gasteiger partial charge < -0.3 is 25.8 Å². The first kappa shape index (κ1) is 24.4. The van der Waals surface area contributed by atoms with E-state index >= 15 is 0 Å². The maximum atomic E-state index is 13.4. The number of H-pyrrole nitrogens is 2. The number of anilines is 2. The Morgan fingerprint density at radius 1 is 0.625 bits per heavy atom. The molecule has 10 heteroatoms. The van der Waals surface area contributed by atoms with Gasteiger partial charge in [-0.3, -0.25) is 19.4 Å². The van der Waals surface area contributed by atoms with E-state index in [-0.39, 0.29) is 44.9 Å². The number of benzene rings is 5. The minimum Gasteiger partial charge on any atom is -0.507 e. The van der Waals surface area contributed by atoms with Gasteiger partial charge in [0.25, 0.3) is 17.4 Å². The van der Waals surface area contributed by atoms with Crippen LogP contribution in [0.2, 0.25) is 0 Å². The second kappa shape index (κ2) is 9.44. The van der Waals surface area contributed by atoms with Crippen LogP contribution in [0.1, 0.15) is 20.7 Å². The highest BCUT2D eigenvalue weighted by molar-refractivity contribution is 6.18. The van der Waals surface area contributed by atoms with E-state index in [4.69, 9.17) is 0 Å². The predicted octanol–water partition coefficient (Wildman–Crippen LogP) is 4.44. The zero-order valence-corrected chi connectivity index (χ0v) is 20.6. The van der Waals surface area contributed by atoms with Crippen molar-refractivity contribution in [2.45, 2.75) is 0 Å². The summed E-state index contributed by atoms with van der Waals surface area (Å²) in [5, 5.41) is 28.8. The summed E-state index contributed by atoms with van der Waals surface area (Å²) >= 11 is 0. The molecule has 0 spiro atoms. The molecule has 0 radical (unpaired) electrons. The minimum atomic E-state index is -0.793. The predicted molar refractivity (Wildman–Crippen MR) is 152 cm³/mol. The second-order valence-corrected chi connectivity index (χ2v) is 9.12. The average molecular weight is 533 g/mol.